The highest BCUT2D eigenvalue weighted by atomic mass is 16.3. The molecule has 17 heavy (non-hydrogen) atoms. The van der Waals surface area contributed by atoms with Crippen LogP contribution in [0.1, 0.15) is 37.3 Å². The molecule has 0 aromatic heterocycles. The van der Waals surface area contributed by atoms with Gasteiger partial charge in [-0.15, -0.1) is 0 Å². The molecule has 3 rings (SSSR count). The number of benzene rings is 1. The molecule has 1 aliphatic heterocycles. The Bertz CT molecular complexity index is 470. The predicted octanol–water partition coefficient (Wildman–Crippen LogP) is 3.12. The van der Waals surface area contributed by atoms with Crippen molar-refractivity contribution in [2.45, 2.75) is 26.2 Å². The first kappa shape index (κ1) is 10.8. The fourth-order valence-corrected chi connectivity index (χ4v) is 2.96. The van der Waals surface area contributed by atoms with Gasteiger partial charge in [-0.25, -0.2) is 0 Å². The Balaban J connectivity index is 1.78. The second-order valence-corrected chi connectivity index (χ2v) is 5.17. The van der Waals surface area contributed by atoms with Crippen molar-refractivity contribution in [2.75, 3.05) is 19.6 Å². The fourth-order valence-electron chi connectivity index (χ4n) is 2.96. The van der Waals surface area contributed by atoms with E-state index in [0.29, 0.717) is 5.75 Å². The van der Waals surface area contributed by atoms with Gasteiger partial charge in [0.15, 0.2) is 0 Å². The van der Waals surface area contributed by atoms with Crippen LogP contribution in [0.4, 0.5) is 0 Å². The molecule has 2 heteroatoms. The molecule has 2 nitrogen and oxygen atoms in total. The zero-order chi connectivity index (χ0) is 11.8. The lowest BCUT2D eigenvalue weighted by Crippen LogP contribution is -2.32. The second kappa shape index (κ2) is 4.19. The van der Waals surface area contributed by atoms with E-state index >= 15 is 0 Å². The number of phenolic OH excluding ortho intramolecular Hbond substituents is 1. The first-order valence-corrected chi connectivity index (χ1v) is 6.51. The van der Waals surface area contributed by atoms with Gasteiger partial charge < -0.3 is 5.11 Å². The van der Waals surface area contributed by atoms with Crippen LogP contribution in [0.3, 0.4) is 0 Å². The third-order valence-corrected chi connectivity index (χ3v) is 4.02. The van der Waals surface area contributed by atoms with Gasteiger partial charge in [0, 0.05) is 6.54 Å². The van der Waals surface area contributed by atoms with Crippen LogP contribution in [0, 0.1) is 0 Å². The highest BCUT2D eigenvalue weighted by molar-refractivity contribution is 6.04. The minimum Gasteiger partial charge on any atom is -0.508 e. The molecule has 0 unspecified atom stereocenters. The van der Waals surface area contributed by atoms with E-state index in [9.17, 15) is 5.11 Å². The van der Waals surface area contributed by atoms with Crippen molar-refractivity contribution in [1.82, 2.24) is 4.90 Å². The first-order chi connectivity index (χ1) is 8.25. The maximum Gasteiger partial charge on any atom is 0.116 e. The zero-order valence-electron chi connectivity index (χ0n) is 10.4. The Morgan fingerprint density at radius 2 is 1.88 bits per heavy atom. The topological polar surface area (TPSA) is 23.5 Å². The molecule has 1 aliphatic carbocycles. The monoisotopic (exact) mass is 229 g/mol. The maximum atomic E-state index is 9.55. The van der Waals surface area contributed by atoms with Crippen LogP contribution in [0.5, 0.6) is 5.75 Å². The summed E-state index contributed by atoms with van der Waals surface area (Å²) < 4.78 is 0. The van der Waals surface area contributed by atoms with Crippen LogP contribution in [0.15, 0.2) is 18.2 Å². The standard InChI is InChI=1S/C15H19NO/c1-11-13-6-5-12(17)9-14(13)15(11)10-16-7-3-2-4-8-16/h5-6,9,17H,2-4,7-8,10H2,1H3. The highest BCUT2D eigenvalue weighted by Gasteiger charge is 2.24. The number of phenols is 1. The summed E-state index contributed by atoms with van der Waals surface area (Å²) in [5.74, 6) is 0.382. The Morgan fingerprint density at radius 1 is 1.12 bits per heavy atom. The number of rotatable bonds is 2. The van der Waals surface area contributed by atoms with E-state index in [4.69, 9.17) is 0 Å². The Kier molecular flexibility index (Phi) is 2.67. The highest BCUT2D eigenvalue weighted by Crippen LogP contribution is 2.42. The Labute approximate surface area is 103 Å². The third kappa shape index (κ3) is 1.87. The van der Waals surface area contributed by atoms with E-state index in [1.165, 1.54) is 54.6 Å². The number of fused-ring (bicyclic) bond motifs is 1. The number of hydrogen-bond acceptors (Lipinski definition) is 2. The summed E-state index contributed by atoms with van der Waals surface area (Å²) >= 11 is 0. The largest absolute Gasteiger partial charge is 0.508 e. The van der Waals surface area contributed by atoms with Crippen molar-refractivity contribution in [1.29, 1.82) is 0 Å². The summed E-state index contributed by atoms with van der Waals surface area (Å²) in [5.41, 5.74) is 5.41. The first-order valence-electron chi connectivity index (χ1n) is 6.51. The third-order valence-electron chi connectivity index (χ3n) is 4.02. The molecule has 0 amide bonds. The smallest absolute Gasteiger partial charge is 0.116 e. The van der Waals surface area contributed by atoms with Crippen molar-refractivity contribution in [3.63, 3.8) is 0 Å². The number of piperidine rings is 1. The van der Waals surface area contributed by atoms with Gasteiger partial charge in [0.2, 0.25) is 0 Å². The van der Waals surface area contributed by atoms with Gasteiger partial charge >= 0.3 is 0 Å². The quantitative estimate of drug-likeness (QED) is 0.842. The van der Waals surface area contributed by atoms with Crippen molar-refractivity contribution in [3.05, 3.63) is 29.3 Å². The summed E-state index contributed by atoms with van der Waals surface area (Å²) in [7, 11) is 0. The number of allylic oxidation sites excluding steroid dienone is 1. The van der Waals surface area contributed by atoms with Gasteiger partial charge in [-0.2, -0.15) is 0 Å². The fraction of sp³-hybridized carbons (Fsp3) is 0.467. The number of nitrogens with zero attached hydrogens (tertiary/aromatic N) is 1. The van der Waals surface area contributed by atoms with E-state index in [1.54, 1.807) is 6.07 Å². The lowest BCUT2D eigenvalue weighted by Gasteiger charge is -2.33. The van der Waals surface area contributed by atoms with Gasteiger partial charge in [0.1, 0.15) is 5.75 Å². The molecule has 1 fully saturated rings. The normalized spacial score (nSPS) is 20.1. The Morgan fingerprint density at radius 3 is 2.65 bits per heavy atom. The van der Waals surface area contributed by atoms with Gasteiger partial charge in [0.05, 0.1) is 0 Å². The second-order valence-electron chi connectivity index (χ2n) is 5.17. The van der Waals surface area contributed by atoms with Gasteiger partial charge in [0.25, 0.3) is 0 Å². The lowest BCUT2D eigenvalue weighted by atomic mass is 9.81. The lowest BCUT2D eigenvalue weighted by molar-refractivity contribution is 0.255. The summed E-state index contributed by atoms with van der Waals surface area (Å²) in [6, 6.07) is 5.71. The molecule has 0 saturated carbocycles. The van der Waals surface area contributed by atoms with Gasteiger partial charge in [-0.1, -0.05) is 12.5 Å². The molecule has 1 aromatic rings. The van der Waals surface area contributed by atoms with Crippen LogP contribution in [-0.4, -0.2) is 29.6 Å². The van der Waals surface area contributed by atoms with Crippen LogP contribution < -0.4 is 0 Å². The molecular weight excluding hydrogens is 210 g/mol. The zero-order valence-corrected chi connectivity index (χ0v) is 10.4. The minimum atomic E-state index is 0.382. The summed E-state index contributed by atoms with van der Waals surface area (Å²) in [6.45, 7) is 5.71. The van der Waals surface area contributed by atoms with Crippen molar-refractivity contribution >= 4 is 11.1 Å². The van der Waals surface area contributed by atoms with Crippen molar-refractivity contribution in [3.8, 4) is 5.75 Å². The molecule has 0 spiro atoms. The van der Waals surface area contributed by atoms with Crippen LogP contribution >= 0.6 is 0 Å². The molecule has 1 aromatic carbocycles. The molecule has 90 valence electrons. The summed E-state index contributed by atoms with van der Waals surface area (Å²) in [5, 5.41) is 9.55. The number of aromatic hydroxyl groups is 1. The van der Waals surface area contributed by atoms with Gasteiger partial charge in [-0.3, -0.25) is 4.90 Å². The SMILES string of the molecule is CC1=C(CN2CCCCC2)c2cc(O)ccc21. The predicted molar refractivity (Wildman–Crippen MR) is 70.9 cm³/mol. The molecule has 1 N–H and O–H groups in total. The molecule has 0 bridgehead atoms. The number of hydrogen-bond donors (Lipinski definition) is 1. The van der Waals surface area contributed by atoms with E-state index < -0.39 is 0 Å². The van der Waals surface area contributed by atoms with Gasteiger partial charge in [-0.05, 0) is 67.3 Å². The summed E-state index contributed by atoms with van der Waals surface area (Å²) in [6.07, 6.45) is 4.05. The molecule has 2 aliphatic rings. The van der Waals surface area contributed by atoms with Crippen LogP contribution in [-0.2, 0) is 0 Å². The molecule has 0 radical (unpaired) electrons. The molecule has 1 saturated heterocycles. The van der Waals surface area contributed by atoms with E-state index in [2.05, 4.69) is 11.8 Å². The number of likely N-dealkylation sites (tertiary alicyclic amines) is 1. The minimum absolute atomic E-state index is 0.382. The average molecular weight is 229 g/mol. The van der Waals surface area contributed by atoms with Crippen LogP contribution in [0.2, 0.25) is 0 Å². The van der Waals surface area contributed by atoms with E-state index in [-0.39, 0.29) is 0 Å². The molecular formula is C15H19NO. The summed E-state index contributed by atoms with van der Waals surface area (Å²) in [4.78, 5) is 2.54. The van der Waals surface area contributed by atoms with Crippen molar-refractivity contribution < 1.29 is 5.11 Å². The molecule has 1 heterocycles. The van der Waals surface area contributed by atoms with E-state index in [1.807, 2.05) is 12.1 Å². The maximum absolute atomic E-state index is 9.55. The Hall–Kier alpha value is -1.28. The van der Waals surface area contributed by atoms with Crippen LogP contribution in [0.25, 0.3) is 11.1 Å². The molecule has 0 atom stereocenters. The average Bonchev–Trinajstić information content (AvgIpc) is 2.37. The van der Waals surface area contributed by atoms with E-state index in [0.717, 1.165) is 6.54 Å². The van der Waals surface area contributed by atoms with Crippen molar-refractivity contribution in [2.24, 2.45) is 0 Å².